The summed E-state index contributed by atoms with van der Waals surface area (Å²) in [6.07, 6.45) is -3.59. The Hall–Kier alpha value is -1.19. The van der Waals surface area contributed by atoms with Crippen LogP contribution in [0.5, 0.6) is 0 Å². The van der Waals surface area contributed by atoms with Crippen LogP contribution in [0, 0.1) is 0 Å². The fraction of sp³-hybridized carbons (Fsp3) is 0.500. The highest BCUT2D eigenvalue weighted by Crippen LogP contribution is 2.37. The van der Waals surface area contributed by atoms with Gasteiger partial charge in [0, 0.05) is 12.7 Å². The van der Waals surface area contributed by atoms with Crippen molar-refractivity contribution >= 4 is 5.69 Å². The van der Waals surface area contributed by atoms with Gasteiger partial charge in [-0.15, -0.1) is 0 Å². The zero-order valence-electron chi connectivity index (χ0n) is 9.65. The van der Waals surface area contributed by atoms with Crippen LogP contribution in [0.4, 0.5) is 18.9 Å². The van der Waals surface area contributed by atoms with Crippen molar-refractivity contribution in [1.82, 2.24) is 0 Å². The van der Waals surface area contributed by atoms with Crippen LogP contribution < -0.4 is 5.32 Å². The Kier molecular flexibility index (Phi) is 3.83. The molecule has 0 bridgehead atoms. The molecule has 1 aromatic carbocycles. The van der Waals surface area contributed by atoms with E-state index in [9.17, 15) is 13.2 Å². The van der Waals surface area contributed by atoms with Gasteiger partial charge in [-0.3, -0.25) is 0 Å². The summed E-state index contributed by atoms with van der Waals surface area (Å²) < 4.78 is 38.5. The molecule has 1 atom stereocenters. The number of nitrogens with one attached hydrogen (secondary N) is 1. The maximum atomic E-state index is 12.8. The van der Waals surface area contributed by atoms with E-state index in [2.05, 4.69) is 5.32 Å². The van der Waals surface area contributed by atoms with Crippen LogP contribution in [0.1, 0.15) is 37.3 Å². The molecule has 0 saturated carbocycles. The number of benzene rings is 1. The van der Waals surface area contributed by atoms with Crippen molar-refractivity contribution in [2.75, 3.05) is 12.4 Å². The maximum absolute atomic E-state index is 12.8. The van der Waals surface area contributed by atoms with Gasteiger partial charge in [0.1, 0.15) is 0 Å². The zero-order valence-corrected chi connectivity index (χ0v) is 9.65. The third-order valence-corrected chi connectivity index (χ3v) is 2.79. The van der Waals surface area contributed by atoms with Crippen LogP contribution in [0.3, 0.4) is 0 Å². The minimum absolute atomic E-state index is 0.0810. The molecule has 1 aromatic rings. The monoisotopic (exact) mass is 231 g/mol. The van der Waals surface area contributed by atoms with Gasteiger partial charge in [-0.2, -0.15) is 13.2 Å². The molecule has 0 aliphatic rings. The van der Waals surface area contributed by atoms with Crippen molar-refractivity contribution in [2.45, 2.75) is 32.4 Å². The second-order valence-electron chi connectivity index (χ2n) is 3.86. The molecule has 0 spiro atoms. The Balaban J connectivity index is 3.27. The lowest BCUT2D eigenvalue weighted by Crippen LogP contribution is -2.11. The Bertz CT molecular complexity index is 358. The third kappa shape index (κ3) is 2.68. The minimum Gasteiger partial charge on any atom is -0.388 e. The summed E-state index contributed by atoms with van der Waals surface area (Å²) in [5.74, 6) is -0.0810. The Labute approximate surface area is 93.7 Å². The predicted octanol–water partition coefficient (Wildman–Crippen LogP) is 4.26. The molecule has 1 N–H and O–H groups in total. The van der Waals surface area contributed by atoms with Gasteiger partial charge in [-0.05, 0) is 30.0 Å². The highest BCUT2D eigenvalue weighted by molar-refractivity contribution is 5.50. The van der Waals surface area contributed by atoms with Gasteiger partial charge < -0.3 is 5.32 Å². The largest absolute Gasteiger partial charge is 0.416 e. The second-order valence-corrected chi connectivity index (χ2v) is 3.86. The Morgan fingerprint density at radius 3 is 2.38 bits per heavy atom. The number of halogens is 3. The summed E-state index contributed by atoms with van der Waals surface area (Å²) in [4.78, 5) is 0. The summed E-state index contributed by atoms with van der Waals surface area (Å²) in [5.41, 5.74) is 0.321. The van der Waals surface area contributed by atoms with E-state index < -0.39 is 11.7 Å². The van der Waals surface area contributed by atoms with Crippen LogP contribution in [0.15, 0.2) is 18.2 Å². The molecule has 0 heterocycles. The summed E-state index contributed by atoms with van der Waals surface area (Å²) >= 11 is 0. The van der Waals surface area contributed by atoms with Crippen LogP contribution in [0.25, 0.3) is 0 Å². The van der Waals surface area contributed by atoms with Gasteiger partial charge in [-0.1, -0.05) is 19.9 Å². The summed E-state index contributed by atoms with van der Waals surface area (Å²) in [5, 5.41) is 2.72. The topological polar surface area (TPSA) is 12.0 Å². The van der Waals surface area contributed by atoms with Gasteiger partial charge in [0.15, 0.2) is 0 Å². The smallest absolute Gasteiger partial charge is 0.388 e. The van der Waals surface area contributed by atoms with E-state index in [4.69, 9.17) is 0 Å². The highest BCUT2D eigenvalue weighted by atomic mass is 19.4. The maximum Gasteiger partial charge on any atom is 0.416 e. The summed E-state index contributed by atoms with van der Waals surface area (Å²) in [6.45, 7) is 3.69. The molecular formula is C12H16F3N. The molecule has 0 fully saturated rings. The van der Waals surface area contributed by atoms with Gasteiger partial charge in [-0.25, -0.2) is 0 Å². The molecule has 0 aliphatic heterocycles. The van der Waals surface area contributed by atoms with Gasteiger partial charge in [0.05, 0.1) is 5.56 Å². The zero-order chi connectivity index (χ0) is 12.3. The van der Waals surface area contributed by atoms with Crippen LogP contribution in [0.2, 0.25) is 0 Å². The molecule has 1 nitrogen and oxygen atoms in total. The van der Waals surface area contributed by atoms with E-state index in [1.165, 1.54) is 6.07 Å². The predicted molar refractivity (Wildman–Crippen MR) is 59.7 cm³/mol. The van der Waals surface area contributed by atoms with Gasteiger partial charge in [0.2, 0.25) is 0 Å². The fourth-order valence-electron chi connectivity index (χ4n) is 1.61. The van der Waals surface area contributed by atoms with Crippen LogP contribution in [-0.2, 0) is 6.18 Å². The molecule has 0 radical (unpaired) electrons. The second kappa shape index (κ2) is 4.76. The van der Waals surface area contributed by atoms with Crippen molar-refractivity contribution in [3.05, 3.63) is 29.3 Å². The number of anilines is 1. The van der Waals surface area contributed by atoms with E-state index in [1.807, 2.05) is 13.8 Å². The molecule has 1 unspecified atom stereocenters. The molecule has 0 aromatic heterocycles. The Morgan fingerprint density at radius 2 is 1.94 bits per heavy atom. The molecule has 1 rings (SSSR count). The van der Waals surface area contributed by atoms with Gasteiger partial charge in [0.25, 0.3) is 0 Å². The number of hydrogen-bond acceptors (Lipinski definition) is 1. The number of hydrogen-bond donors (Lipinski definition) is 1. The first kappa shape index (κ1) is 12.9. The van der Waals surface area contributed by atoms with Crippen LogP contribution in [-0.4, -0.2) is 7.05 Å². The first-order chi connectivity index (χ1) is 7.40. The minimum atomic E-state index is -4.29. The van der Waals surface area contributed by atoms with Crippen molar-refractivity contribution in [2.24, 2.45) is 0 Å². The lowest BCUT2D eigenvalue weighted by Gasteiger charge is -2.18. The van der Waals surface area contributed by atoms with Crippen molar-refractivity contribution in [3.63, 3.8) is 0 Å². The fourth-order valence-corrected chi connectivity index (χ4v) is 1.61. The molecule has 0 aliphatic carbocycles. The lowest BCUT2D eigenvalue weighted by molar-refractivity contribution is -0.138. The number of rotatable bonds is 3. The van der Waals surface area contributed by atoms with Crippen molar-refractivity contribution < 1.29 is 13.2 Å². The lowest BCUT2D eigenvalue weighted by atomic mass is 9.93. The standard InChI is InChI=1S/C12H16F3N/c1-4-8(2)10-6-5-9(16-3)7-11(10)12(13,14)15/h5-8,16H,4H2,1-3H3. The summed E-state index contributed by atoms with van der Waals surface area (Å²) in [6, 6.07) is 4.40. The average Bonchev–Trinajstić information content (AvgIpc) is 2.26. The molecule has 4 heteroatoms. The molecular weight excluding hydrogens is 215 g/mol. The molecule has 0 amide bonds. The summed E-state index contributed by atoms with van der Waals surface area (Å²) in [7, 11) is 1.61. The van der Waals surface area contributed by atoms with E-state index in [0.717, 1.165) is 0 Å². The third-order valence-electron chi connectivity index (χ3n) is 2.79. The highest BCUT2D eigenvalue weighted by Gasteiger charge is 2.34. The SMILES string of the molecule is CCC(C)c1ccc(NC)cc1C(F)(F)F. The number of alkyl halides is 3. The molecule has 0 saturated heterocycles. The Morgan fingerprint density at radius 1 is 1.31 bits per heavy atom. The first-order valence-corrected chi connectivity index (χ1v) is 5.29. The van der Waals surface area contributed by atoms with Crippen molar-refractivity contribution in [3.8, 4) is 0 Å². The molecule has 90 valence electrons. The van der Waals surface area contributed by atoms with E-state index in [1.54, 1.807) is 19.2 Å². The van der Waals surface area contributed by atoms with Crippen molar-refractivity contribution in [1.29, 1.82) is 0 Å². The van der Waals surface area contributed by atoms with E-state index >= 15 is 0 Å². The molecule has 16 heavy (non-hydrogen) atoms. The first-order valence-electron chi connectivity index (χ1n) is 5.29. The van der Waals surface area contributed by atoms with E-state index in [0.29, 0.717) is 17.7 Å². The average molecular weight is 231 g/mol. The normalized spacial score (nSPS) is 13.6. The van der Waals surface area contributed by atoms with Crippen LogP contribution >= 0.6 is 0 Å². The quantitative estimate of drug-likeness (QED) is 0.819. The van der Waals surface area contributed by atoms with Gasteiger partial charge >= 0.3 is 6.18 Å². The van der Waals surface area contributed by atoms with E-state index in [-0.39, 0.29) is 5.92 Å².